The van der Waals surface area contributed by atoms with Crippen LogP contribution in [0.25, 0.3) is 0 Å². The highest BCUT2D eigenvalue weighted by Gasteiger charge is 2.21. The van der Waals surface area contributed by atoms with Crippen molar-refractivity contribution in [1.82, 2.24) is 0 Å². The molecule has 18 heavy (non-hydrogen) atoms. The van der Waals surface area contributed by atoms with Crippen LogP contribution < -0.4 is 0 Å². The number of rotatable bonds is 10. The van der Waals surface area contributed by atoms with Crippen molar-refractivity contribution in [2.75, 3.05) is 0 Å². The van der Waals surface area contributed by atoms with Gasteiger partial charge in [-0.15, -0.1) is 0 Å². The van der Waals surface area contributed by atoms with Gasteiger partial charge in [0.25, 0.3) is 0 Å². The molecule has 0 nitrogen and oxygen atoms in total. The van der Waals surface area contributed by atoms with E-state index in [1.54, 1.807) is 0 Å². The fraction of sp³-hybridized carbons (Fsp3) is 1.00. The topological polar surface area (TPSA) is 0 Å². The van der Waals surface area contributed by atoms with E-state index in [-0.39, 0.29) is 0 Å². The summed E-state index contributed by atoms with van der Waals surface area (Å²) in [5.41, 5.74) is 0. The Bertz CT molecular complexity index is 178. The zero-order chi connectivity index (χ0) is 14.1. The van der Waals surface area contributed by atoms with E-state index in [0.29, 0.717) is 0 Å². The predicted octanol–water partition coefficient (Wildman–Crippen LogP) is 6.55. The molecule has 3 atom stereocenters. The zero-order valence-corrected chi connectivity index (χ0v) is 14.1. The minimum absolute atomic E-state index is 0.843. The first-order valence-electron chi connectivity index (χ1n) is 8.46. The van der Waals surface area contributed by atoms with Crippen LogP contribution in [0.2, 0.25) is 0 Å². The van der Waals surface area contributed by atoms with Crippen molar-refractivity contribution in [1.29, 1.82) is 0 Å². The van der Waals surface area contributed by atoms with Gasteiger partial charge in [-0.05, 0) is 42.4 Å². The maximum absolute atomic E-state index is 2.43. The van der Waals surface area contributed by atoms with Crippen molar-refractivity contribution in [2.45, 2.75) is 87.0 Å². The third kappa shape index (κ3) is 6.81. The van der Waals surface area contributed by atoms with Crippen LogP contribution in [0.3, 0.4) is 0 Å². The Morgan fingerprint density at radius 2 is 1.22 bits per heavy atom. The molecule has 0 saturated heterocycles. The van der Waals surface area contributed by atoms with Gasteiger partial charge in [0, 0.05) is 0 Å². The fourth-order valence-electron chi connectivity index (χ4n) is 3.00. The molecule has 0 aliphatic carbocycles. The van der Waals surface area contributed by atoms with Crippen LogP contribution in [0.15, 0.2) is 0 Å². The smallest absolute Gasteiger partial charge is 0.0383 e. The second-order valence-electron chi connectivity index (χ2n) is 6.88. The van der Waals surface area contributed by atoms with E-state index in [4.69, 9.17) is 0 Å². The molecule has 0 aliphatic rings. The Kier molecular flexibility index (Phi) is 9.87. The molecule has 0 spiro atoms. The average Bonchev–Trinajstić information content (AvgIpc) is 2.35. The number of hydrogen-bond acceptors (Lipinski definition) is 0. The van der Waals surface area contributed by atoms with Crippen LogP contribution in [-0.2, 0) is 0 Å². The molecule has 110 valence electrons. The third-order valence-corrected chi connectivity index (χ3v) is 5.25. The van der Waals surface area contributed by atoms with E-state index in [0.717, 1.165) is 29.6 Å². The summed E-state index contributed by atoms with van der Waals surface area (Å²) < 4.78 is 0. The molecule has 0 bridgehead atoms. The van der Waals surface area contributed by atoms with E-state index < -0.39 is 0 Å². The van der Waals surface area contributed by atoms with Crippen molar-refractivity contribution < 1.29 is 0 Å². The van der Waals surface area contributed by atoms with Crippen LogP contribution in [0.4, 0.5) is 0 Å². The lowest BCUT2D eigenvalue weighted by molar-refractivity contribution is 0.219. The molecule has 0 aromatic heterocycles. The van der Waals surface area contributed by atoms with E-state index in [9.17, 15) is 0 Å². The molecule has 0 amide bonds. The third-order valence-electron chi connectivity index (χ3n) is 5.25. The first-order chi connectivity index (χ1) is 8.46. The van der Waals surface area contributed by atoms with E-state index >= 15 is 0 Å². The first-order valence-corrected chi connectivity index (χ1v) is 8.46. The van der Waals surface area contributed by atoms with Gasteiger partial charge in [-0.2, -0.15) is 0 Å². The van der Waals surface area contributed by atoms with Gasteiger partial charge >= 0.3 is 0 Å². The predicted molar refractivity (Wildman–Crippen MR) is 84.9 cm³/mol. The van der Waals surface area contributed by atoms with Crippen molar-refractivity contribution in [3.05, 3.63) is 0 Å². The van der Waals surface area contributed by atoms with Crippen LogP contribution in [-0.4, -0.2) is 0 Å². The molecule has 3 unspecified atom stereocenters. The number of hydrogen-bond donors (Lipinski definition) is 0. The van der Waals surface area contributed by atoms with Crippen molar-refractivity contribution in [3.8, 4) is 0 Å². The standard InChI is InChI=1S/C18H38/c1-8-15(6)13-18(17(9-2)10-3)12-11-16(7)14(4)5/h14-18H,8-13H2,1-7H3. The Balaban J connectivity index is 4.37. The summed E-state index contributed by atoms with van der Waals surface area (Å²) in [5.74, 6) is 4.56. The molecule has 0 aromatic carbocycles. The Labute approximate surface area is 117 Å². The quantitative estimate of drug-likeness (QED) is 0.415. The summed E-state index contributed by atoms with van der Waals surface area (Å²) >= 11 is 0. The van der Waals surface area contributed by atoms with E-state index in [1.807, 2.05) is 0 Å². The monoisotopic (exact) mass is 254 g/mol. The molecule has 0 saturated carbocycles. The lowest BCUT2D eigenvalue weighted by Crippen LogP contribution is -2.18. The molecule has 0 heterocycles. The summed E-state index contributed by atoms with van der Waals surface area (Å²) in [4.78, 5) is 0. The molecule has 0 fully saturated rings. The highest BCUT2D eigenvalue weighted by molar-refractivity contribution is 4.72. The molecular formula is C18H38. The van der Waals surface area contributed by atoms with Gasteiger partial charge in [0.2, 0.25) is 0 Å². The molecule has 0 aliphatic heterocycles. The highest BCUT2D eigenvalue weighted by atomic mass is 14.3. The Morgan fingerprint density at radius 3 is 1.61 bits per heavy atom. The van der Waals surface area contributed by atoms with Crippen LogP contribution in [0.1, 0.15) is 87.0 Å². The summed E-state index contributed by atoms with van der Waals surface area (Å²) in [6.07, 6.45) is 8.41. The highest BCUT2D eigenvalue weighted by Crippen LogP contribution is 2.32. The van der Waals surface area contributed by atoms with Gasteiger partial charge < -0.3 is 0 Å². The minimum Gasteiger partial charge on any atom is -0.0651 e. The van der Waals surface area contributed by atoms with Gasteiger partial charge in [0.15, 0.2) is 0 Å². The average molecular weight is 255 g/mol. The largest absolute Gasteiger partial charge is 0.0651 e. The second kappa shape index (κ2) is 9.87. The zero-order valence-electron chi connectivity index (χ0n) is 14.1. The second-order valence-corrected chi connectivity index (χ2v) is 6.88. The van der Waals surface area contributed by atoms with Crippen molar-refractivity contribution in [2.24, 2.45) is 29.6 Å². The van der Waals surface area contributed by atoms with Gasteiger partial charge in [-0.25, -0.2) is 0 Å². The van der Waals surface area contributed by atoms with Crippen LogP contribution in [0.5, 0.6) is 0 Å². The summed E-state index contributed by atoms with van der Waals surface area (Å²) in [5, 5.41) is 0. The molecule has 0 heteroatoms. The van der Waals surface area contributed by atoms with Gasteiger partial charge in [0.1, 0.15) is 0 Å². The molecule has 0 aromatic rings. The van der Waals surface area contributed by atoms with Crippen molar-refractivity contribution in [3.63, 3.8) is 0 Å². The molecular weight excluding hydrogens is 216 g/mol. The van der Waals surface area contributed by atoms with Gasteiger partial charge in [0.05, 0.1) is 0 Å². The minimum atomic E-state index is 0.843. The Morgan fingerprint density at radius 1 is 0.667 bits per heavy atom. The summed E-state index contributed by atoms with van der Waals surface area (Å²) in [6, 6.07) is 0. The molecule has 0 radical (unpaired) electrons. The van der Waals surface area contributed by atoms with E-state index in [1.165, 1.54) is 38.5 Å². The van der Waals surface area contributed by atoms with Gasteiger partial charge in [-0.3, -0.25) is 0 Å². The summed E-state index contributed by atoms with van der Waals surface area (Å²) in [6.45, 7) is 16.7. The Hall–Kier alpha value is 0. The fourth-order valence-corrected chi connectivity index (χ4v) is 3.00. The van der Waals surface area contributed by atoms with Crippen LogP contribution >= 0.6 is 0 Å². The lowest BCUT2D eigenvalue weighted by atomic mass is 9.77. The van der Waals surface area contributed by atoms with E-state index in [2.05, 4.69) is 48.5 Å². The normalized spacial score (nSPS) is 17.2. The maximum Gasteiger partial charge on any atom is -0.0383 e. The lowest BCUT2D eigenvalue weighted by Gasteiger charge is -2.29. The summed E-state index contributed by atoms with van der Waals surface area (Å²) in [7, 11) is 0. The molecule has 0 rings (SSSR count). The SMILES string of the molecule is CCC(C)CC(CCC(C)C(C)C)C(CC)CC. The van der Waals surface area contributed by atoms with Crippen molar-refractivity contribution >= 4 is 0 Å². The van der Waals surface area contributed by atoms with Crippen LogP contribution in [0, 0.1) is 29.6 Å². The molecule has 0 N–H and O–H groups in total. The first kappa shape index (κ1) is 18.0. The maximum atomic E-state index is 2.43. The van der Waals surface area contributed by atoms with Gasteiger partial charge in [-0.1, -0.05) is 74.1 Å².